The number of amides is 1. The molecule has 0 bridgehead atoms. The van der Waals surface area contributed by atoms with Gasteiger partial charge in [0.05, 0.1) is 11.8 Å². The first-order chi connectivity index (χ1) is 9.39. The van der Waals surface area contributed by atoms with Crippen LogP contribution in [0.4, 0.5) is 5.69 Å². The van der Waals surface area contributed by atoms with E-state index >= 15 is 0 Å². The number of hydrogen-bond donors (Lipinski definition) is 2. The number of para-hydroxylation sites is 1. The summed E-state index contributed by atoms with van der Waals surface area (Å²) in [5.41, 5.74) is 1.43. The molecule has 0 unspecified atom stereocenters. The minimum Gasteiger partial charge on any atom is -0.481 e. The molecular formula is C16H21NO3. The summed E-state index contributed by atoms with van der Waals surface area (Å²) in [5, 5.41) is 12.0. The molecule has 1 saturated carbocycles. The predicted octanol–water partition coefficient (Wildman–Crippen LogP) is 2.93. The molecule has 4 heteroatoms. The van der Waals surface area contributed by atoms with E-state index in [1.54, 1.807) is 0 Å². The van der Waals surface area contributed by atoms with E-state index in [4.69, 9.17) is 5.11 Å². The van der Waals surface area contributed by atoms with Gasteiger partial charge in [0.2, 0.25) is 5.91 Å². The fourth-order valence-corrected chi connectivity index (χ4v) is 2.93. The van der Waals surface area contributed by atoms with Gasteiger partial charge in [-0.2, -0.15) is 0 Å². The highest BCUT2D eigenvalue weighted by Crippen LogP contribution is 2.58. The predicted molar refractivity (Wildman–Crippen MR) is 77.5 cm³/mol. The third kappa shape index (κ3) is 2.55. The molecule has 1 amide bonds. The molecule has 1 aliphatic rings. The quantitative estimate of drug-likeness (QED) is 0.868. The zero-order valence-electron chi connectivity index (χ0n) is 12.1. The average molecular weight is 275 g/mol. The van der Waals surface area contributed by atoms with Crippen molar-refractivity contribution in [1.29, 1.82) is 0 Å². The third-order valence-corrected chi connectivity index (χ3v) is 4.17. The maximum absolute atomic E-state index is 12.3. The summed E-state index contributed by atoms with van der Waals surface area (Å²) in [6.07, 6.45) is 1.90. The van der Waals surface area contributed by atoms with Gasteiger partial charge < -0.3 is 10.4 Å². The number of carboxylic acid groups (broad SMARTS) is 1. The normalized spacial score (nSPS) is 23.1. The van der Waals surface area contributed by atoms with Gasteiger partial charge in [-0.05, 0) is 23.5 Å². The molecule has 0 aliphatic heterocycles. The van der Waals surface area contributed by atoms with Crippen molar-refractivity contribution >= 4 is 17.6 Å². The first-order valence-electron chi connectivity index (χ1n) is 7.01. The lowest BCUT2D eigenvalue weighted by Crippen LogP contribution is -2.18. The van der Waals surface area contributed by atoms with Crippen LogP contribution in [0.25, 0.3) is 0 Å². The topological polar surface area (TPSA) is 66.4 Å². The molecule has 1 aromatic rings. The number of aliphatic carboxylic acids is 1. The fraction of sp³-hybridized carbons (Fsp3) is 0.500. The molecule has 2 rings (SSSR count). The first kappa shape index (κ1) is 14.6. The molecule has 1 fully saturated rings. The van der Waals surface area contributed by atoms with E-state index in [2.05, 4.69) is 12.2 Å². The second kappa shape index (κ2) is 5.27. The monoisotopic (exact) mass is 275 g/mol. The number of rotatable bonds is 5. The number of carboxylic acids is 1. The Kier molecular flexibility index (Phi) is 3.84. The Labute approximate surface area is 119 Å². The van der Waals surface area contributed by atoms with E-state index in [9.17, 15) is 9.59 Å². The molecule has 0 saturated heterocycles. The van der Waals surface area contributed by atoms with Gasteiger partial charge in [-0.1, -0.05) is 45.4 Å². The highest BCUT2D eigenvalue weighted by molar-refractivity contribution is 6.00. The van der Waals surface area contributed by atoms with Gasteiger partial charge >= 0.3 is 5.97 Å². The minimum atomic E-state index is -0.892. The molecule has 2 atom stereocenters. The second-order valence-corrected chi connectivity index (χ2v) is 6.01. The van der Waals surface area contributed by atoms with Crippen molar-refractivity contribution in [2.24, 2.45) is 17.3 Å². The summed E-state index contributed by atoms with van der Waals surface area (Å²) in [6, 6.07) is 7.68. The summed E-state index contributed by atoms with van der Waals surface area (Å²) in [4.78, 5) is 23.4. The van der Waals surface area contributed by atoms with Crippen molar-refractivity contribution in [3.63, 3.8) is 0 Å². The van der Waals surface area contributed by atoms with E-state index in [1.165, 1.54) is 0 Å². The fourth-order valence-electron chi connectivity index (χ4n) is 2.93. The van der Waals surface area contributed by atoms with Crippen LogP contribution in [0, 0.1) is 17.3 Å². The molecule has 4 nitrogen and oxygen atoms in total. The lowest BCUT2D eigenvalue weighted by molar-refractivity contribution is -0.140. The van der Waals surface area contributed by atoms with Crippen LogP contribution in [0.5, 0.6) is 0 Å². The van der Waals surface area contributed by atoms with Gasteiger partial charge in [0, 0.05) is 5.69 Å². The Morgan fingerprint density at radius 2 is 1.90 bits per heavy atom. The van der Waals surface area contributed by atoms with Crippen LogP contribution in [0.2, 0.25) is 0 Å². The van der Waals surface area contributed by atoms with Gasteiger partial charge in [-0.3, -0.25) is 9.59 Å². The highest BCUT2D eigenvalue weighted by atomic mass is 16.4. The Bertz CT molecular complexity index is 536. The van der Waals surface area contributed by atoms with Crippen molar-refractivity contribution in [2.75, 3.05) is 5.32 Å². The van der Waals surface area contributed by atoms with Crippen LogP contribution >= 0.6 is 0 Å². The molecule has 0 aromatic heterocycles. The Morgan fingerprint density at radius 1 is 1.25 bits per heavy atom. The lowest BCUT2D eigenvalue weighted by Gasteiger charge is -2.11. The molecule has 0 heterocycles. The largest absolute Gasteiger partial charge is 0.481 e. The molecule has 0 radical (unpaired) electrons. The molecular weight excluding hydrogens is 254 g/mol. The minimum absolute atomic E-state index is 0.189. The molecule has 0 spiro atoms. The van der Waals surface area contributed by atoms with Gasteiger partial charge in [-0.15, -0.1) is 0 Å². The Morgan fingerprint density at radius 3 is 2.45 bits per heavy atom. The standard InChI is InChI=1S/C16H21NO3/c1-4-7-10-8-5-6-9-11(10)17-14(18)12-13(15(19)20)16(12,2)3/h5-6,8-9,12-13H,4,7H2,1-3H3,(H,17,18)(H,19,20)/t12-,13+/m1/s1. The van der Waals surface area contributed by atoms with Crippen LogP contribution in [0.1, 0.15) is 32.8 Å². The van der Waals surface area contributed by atoms with Crippen LogP contribution in [-0.4, -0.2) is 17.0 Å². The number of hydrogen-bond acceptors (Lipinski definition) is 2. The van der Waals surface area contributed by atoms with Gasteiger partial charge in [0.25, 0.3) is 0 Å². The summed E-state index contributed by atoms with van der Waals surface area (Å²) in [7, 11) is 0. The number of carbonyl (C=O) groups is 2. The summed E-state index contributed by atoms with van der Waals surface area (Å²) in [6.45, 7) is 5.74. The molecule has 1 aromatic carbocycles. The summed E-state index contributed by atoms with van der Waals surface area (Å²) in [5.74, 6) is -2.11. The van der Waals surface area contributed by atoms with Crippen LogP contribution < -0.4 is 5.32 Å². The molecule has 1 aliphatic carbocycles. The second-order valence-electron chi connectivity index (χ2n) is 6.01. The van der Waals surface area contributed by atoms with Crippen LogP contribution in [0.3, 0.4) is 0 Å². The Hall–Kier alpha value is -1.84. The van der Waals surface area contributed by atoms with E-state index in [0.29, 0.717) is 0 Å². The SMILES string of the molecule is CCCc1ccccc1NC(=O)[C@H]1[C@@H](C(=O)O)C1(C)C. The molecule has 20 heavy (non-hydrogen) atoms. The molecule has 108 valence electrons. The van der Waals surface area contributed by atoms with Crippen molar-refractivity contribution in [2.45, 2.75) is 33.6 Å². The van der Waals surface area contributed by atoms with Crippen LogP contribution in [-0.2, 0) is 16.0 Å². The van der Waals surface area contributed by atoms with E-state index in [-0.39, 0.29) is 5.91 Å². The lowest BCUT2D eigenvalue weighted by atomic mass is 10.1. The van der Waals surface area contributed by atoms with Crippen molar-refractivity contribution in [1.82, 2.24) is 0 Å². The third-order valence-electron chi connectivity index (χ3n) is 4.17. The number of benzene rings is 1. The van der Waals surface area contributed by atoms with E-state index in [1.807, 2.05) is 38.1 Å². The number of anilines is 1. The Balaban J connectivity index is 2.12. The zero-order valence-corrected chi connectivity index (χ0v) is 12.1. The number of carbonyl (C=O) groups excluding carboxylic acids is 1. The van der Waals surface area contributed by atoms with Gasteiger partial charge in [0.1, 0.15) is 0 Å². The number of aryl methyl sites for hydroxylation is 1. The van der Waals surface area contributed by atoms with Gasteiger partial charge in [0.15, 0.2) is 0 Å². The van der Waals surface area contributed by atoms with Crippen molar-refractivity contribution < 1.29 is 14.7 Å². The summed E-state index contributed by atoms with van der Waals surface area (Å²) < 4.78 is 0. The van der Waals surface area contributed by atoms with Crippen molar-refractivity contribution in [3.8, 4) is 0 Å². The first-order valence-corrected chi connectivity index (χ1v) is 7.01. The molecule has 2 N–H and O–H groups in total. The highest BCUT2D eigenvalue weighted by Gasteiger charge is 2.65. The van der Waals surface area contributed by atoms with E-state index in [0.717, 1.165) is 24.1 Å². The maximum Gasteiger partial charge on any atom is 0.307 e. The van der Waals surface area contributed by atoms with E-state index < -0.39 is 23.2 Å². The smallest absolute Gasteiger partial charge is 0.307 e. The zero-order chi connectivity index (χ0) is 14.9. The maximum atomic E-state index is 12.3. The summed E-state index contributed by atoms with van der Waals surface area (Å²) >= 11 is 0. The van der Waals surface area contributed by atoms with Crippen molar-refractivity contribution in [3.05, 3.63) is 29.8 Å². The average Bonchev–Trinajstić information content (AvgIpc) is 2.95. The van der Waals surface area contributed by atoms with Crippen LogP contribution in [0.15, 0.2) is 24.3 Å². The van der Waals surface area contributed by atoms with Gasteiger partial charge in [-0.25, -0.2) is 0 Å². The number of nitrogens with one attached hydrogen (secondary N) is 1.